The van der Waals surface area contributed by atoms with E-state index in [0.29, 0.717) is 17.4 Å². The van der Waals surface area contributed by atoms with E-state index in [4.69, 9.17) is 0 Å². The van der Waals surface area contributed by atoms with Gasteiger partial charge in [-0.15, -0.1) is 5.10 Å². The van der Waals surface area contributed by atoms with Crippen LogP contribution in [0.3, 0.4) is 0 Å². The van der Waals surface area contributed by atoms with E-state index in [9.17, 15) is 4.79 Å². The predicted molar refractivity (Wildman–Crippen MR) is 95.9 cm³/mol. The number of aromatic nitrogens is 5. The SMILES string of the molecule is Cc1cc(C)n(-c2ccc(Cn3nnc4ccccc4c3=O)cc2)n1. The smallest absolute Gasteiger partial charge is 0.267 e. The molecule has 4 aromatic rings. The Balaban J connectivity index is 1.65. The Bertz CT molecular complexity index is 1110. The van der Waals surface area contributed by atoms with Crippen LogP contribution in [0.5, 0.6) is 0 Å². The van der Waals surface area contributed by atoms with Crippen molar-refractivity contribution in [3.8, 4) is 5.69 Å². The summed E-state index contributed by atoms with van der Waals surface area (Å²) in [7, 11) is 0. The minimum atomic E-state index is -0.131. The summed E-state index contributed by atoms with van der Waals surface area (Å²) in [4.78, 5) is 12.5. The van der Waals surface area contributed by atoms with Crippen LogP contribution in [0.1, 0.15) is 17.0 Å². The highest BCUT2D eigenvalue weighted by Gasteiger charge is 2.07. The van der Waals surface area contributed by atoms with Gasteiger partial charge in [0.2, 0.25) is 0 Å². The van der Waals surface area contributed by atoms with E-state index in [1.807, 2.05) is 61.0 Å². The number of nitrogens with zero attached hydrogens (tertiary/aromatic N) is 5. The first-order valence-electron chi connectivity index (χ1n) is 8.07. The van der Waals surface area contributed by atoms with Gasteiger partial charge in [-0.2, -0.15) is 5.10 Å². The first-order valence-corrected chi connectivity index (χ1v) is 8.07. The fourth-order valence-electron chi connectivity index (χ4n) is 2.93. The van der Waals surface area contributed by atoms with Gasteiger partial charge in [0.15, 0.2) is 0 Å². The molecular weight excluding hydrogens is 314 g/mol. The maximum Gasteiger partial charge on any atom is 0.277 e. The van der Waals surface area contributed by atoms with E-state index in [2.05, 4.69) is 15.4 Å². The Labute approximate surface area is 144 Å². The van der Waals surface area contributed by atoms with E-state index >= 15 is 0 Å². The Morgan fingerprint density at radius 3 is 2.48 bits per heavy atom. The van der Waals surface area contributed by atoms with Crippen LogP contribution in [-0.2, 0) is 6.54 Å². The van der Waals surface area contributed by atoms with Crippen LogP contribution in [0.15, 0.2) is 59.4 Å². The molecule has 124 valence electrons. The summed E-state index contributed by atoms with van der Waals surface area (Å²) in [5, 5.41) is 13.2. The van der Waals surface area contributed by atoms with Crippen molar-refractivity contribution in [2.24, 2.45) is 0 Å². The summed E-state index contributed by atoms with van der Waals surface area (Å²) in [6, 6.07) is 17.2. The molecule has 25 heavy (non-hydrogen) atoms. The van der Waals surface area contributed by atoms with Gasteiger partial charge in [-0.1, -0.05) is 29.5 Å². The van der Waals surface area contributed by atoms with Crippen molar-refractivity contribution in [1.29, 1.82) is 0 Å². The normalized spacial score (nSPS) is 11.1. The third-order valence-corrected chi connectivity index (χ3v) is 4.15. The minimum Gasteiger partial charge on any atom is -0.267 e. The van der Waals surface area contributed by atoms with Gasteiger partial charge >= 0.3 is 0 Å². The molecule has 0 unspecified atom stereocenters. The molecule has 0 aliphatic carbocycles. The molecular formula is C19H17N5O. The molecule has 0 aliphatic heterocycles. The predicted octanol–water partition coefficient (Wildman–Crippen LogP) is 2.64. The molecule has 4 rings (SSSR count). The van der Waals surface area contributed by atoms with Crippen molar-refractivity contribution < 1.29 is 0 Å². The molecule has 6 heteroatoms. The molecule has 0 fully saturated rings. The van der Waals surface area contributed by atoms with Gasteiger partial charge in [0.25, 0.3) is 5.56 Å². The molecule has 2 aromatic carbocycles. The Morgan fingerprint density at radius 2 is 1.76 bits per heavy atom. The van der Waals surface area contributed by atoms with Crippen molar-refractivity contribution in [1.82, 2.24) is 24.8 Å². The van der Waals surface area contributed by atoms with Gasteiger partial charge in [-0.3, -0.25) is 4.79 Å². The zero-order chi connectivity index (χ0) is 17.4. The van der Waals surface area contributed by atoms with Crippen molar-refractivity contribution in [2.45, 2.75) is 20.4 Å². The maximum absolute atomic E-state index is 12.5. The van der Waals surface area contributed by atoms with Crippen LogP contribution in [0.4, 0.5) is 0 Å². The fraction of sp³-hybridized carbons (Fsp3) is 0.158. The second kappa shape index (κ2) is 5.98. The summed E-state index contributed by atoms with van der Waals surface area (Å²) >= 11 is 0. The molecule has 0 N–H and O–H groups in total. The van der Waals surface area contributed by atoms with Crippen LogP contribution < -0.4 is 5.56 Å². The number of benzene rings is 2. The fourth-order valence-corrected chi connectivity index (χ4v) is 2.93. The minimum absolute atomic E-state index is 0.131. The van der Waals surface area contributed by atoms with Crippen LogP contribution in [0, 0.1) is 13.8 Å². The topological polar surface area (TPSA) is 65.6 Å². The molecule has 2 aromatic heterocycles. The summed E-state index contributed by atoms with van der Waals surface area (Å²) in [6.07, 6.45) is 0. The van der Waals surface area contributed by atoms with Gasteiger partial charge < -0.3 is 0 Å². The van der Waals surface area contributed by atoms with Gasteiger partial charge in [-0.05, 0) is 49.7 Å². The second-order valence-corrected chi connectivity index (χ2v) is 6.07. The van der Waals surface area contributed by atoms with Crippen LogP contribution in [0.2, 0.25) is 0 Å². The molecule has 6 nitrogen and oxygen atoms in total. The first kappa shape index (κ1) is 15.3. The molecule has 0 atom stereocenters. The van der Waals surface area contributed by atoms with Crippen LogP contribution in [0.25, 0.3) is 16.6 Å². The van der Waals surface area contributed by atoms with E-state index in [1.165, 1.54) is 4.68 Å². The number of fused-ring (bicyclic) bond motifs is 1. The summed E-state index contributed by atoms with van der Waals surface area (Å²) < 4.78 is 3.29. The number of rotatable bonds is 3. The Kier molecular flexibility index (Phi) is 3.65. The number of hydrogen-bond acceptors (Lipinski definition) is 4. The third kappa shape index (κ3) is 2.82. The molecule has 0 aliphatic rings. The zero-order valence-electron chi connectivity index (χ0n) is 14.0. The van der Waals surface area contributed by atoms with Gasteiger partial charge in [0.1, 0.15) is 5.52 Å². The highest BCUT2D eigenvalue weighted by molar-refractivity contribution is 5.76. The molecule has 0 saturated heterocycles. The lowest BCUT2D eigenvalue weighted by Gasteiger charge is -2.07. The monoisotopic (exact) mass is 331 g/mol. The van der Waals surface area contributed by atoms with Crippen LogP contribution in [-0.4, -0.2) is 24.8 Å². The van der Waals surface area contributed by atoms with E-state index in [1.54, 1.807) is 12.1 Å². The van der Waals surface area contributed by atoms with E-state index < -0.39 is 0 Å². The molecule has 2 heterocycles. The van der Waals surface area contributed by atoms with Crippen molar-refractivity contribution in [3.63, 3.8) is 0 Å². The molecule has 0 radical (unpaired) electrons. The van der Waals surface area contributed by atoms with Crippen molar-refractivity contribution >= 4 is 10.9 Å². The molecule has 0 saturated carbocycles. The number of hydrogen-bond donors (Lipinski definition) is 0. The van der Waals surface area contributed by atoms with Crippen molar-refractivity contribution in [3.05, 3.63) is 81.9 Å². The molecule has 0 spiro atoms. The Morgan fingerprint density at radius 1 is 1.00 bits per heavy atom. The first-order chi connectivity index (χ1) is 12.1. The summed E-state index contributed by atoms with van der Waals surface area (Å²) in [5.74, 6) is 0. The van der Waals surface area contributed by atoms with E-state index in [0.717, 1.165) is 22.6 Å². The maximum atomic E-state index is 12.5. The summed E-state index contributed by atoms with van der Waals surface area (Å²) in [5.41, 5.74) is 4.53. The average molecular weight is 331 g/mol. The second-order valence-electron chi connectivity index (χ2n) is 6.07. The number of aryl methyl sites for hydroxylation is 2. The molecule has 0 amide bonds. The third-order valence-electron chi connectivity index (χ3n) is 4.15. The molecule has 0 bridgehead atoms. The average Bonchev–Trinajstić information content (AvgIpc) is 2.96. The largest absolute Gasteiger partial charge is 0.277 e. The standard InChI is InChI=1S/C19H17N5O/c1-13-11-14(2)24(21-13)16-9-7-15(8-10-16)12-23-19(25)17-5-3-4-6-18(17)20-22-23/h3-11H,12H2,1-2H3. The van der Waals surface area contributed by atoms with Gasteiger partial charge in [0, 0.05) is 5.69 Å². The highest BCUT2D eigenvalue weighted by atomic mass is 16.1. The van der Waals surface area contributed by atoms with Crippen molar-refractivity contribution in [2.75, 3.05) is 0 Å². The Hall–Kier alpha value is -3.28. The zero-order valence-corrected chi connectivity index (χ0v) is 14.0. The van der Waals surface area contributed by atoms with E-state index in [-0.39, 0.29) is 5.56 Å². The lowest BCUT2D eigenvalue weighted by Crippen LogP contribution is -2.24. The van der Waals surface area contributed by atoms with Gasteiger partial charge in [-0.25, -0.2) is 9.36 Å². The summed E-state index contributed by atoms with van der Waals surface area (Å²) in [6.45, 7) is 4.38. The van der Waals surface area contributed by atoms with Crippen LogP contribution >= 0.6 is 0 Å². The lowest BCUT2D eigenvalue weighted by atomic mass is 10.2. The van der Waals surface area contributed by atoms with Gasteiger partial charge in [0.05, 0.1) is 23.3 Å². The lowest BCUT2D eigenvalue weighted by molar-refractivity contribution is 0.600. The quantitative estimate of drug-likeness (QED) is 0.579. The highest BCUT2D eigenvalue weighted by Crippen LogP contribution is 2.13.